The molecule has 1 N–H and O–H groups in total. The lowest BCUT2D eigenvalue weighted by atomic mass is 9.97. The largest absolute Gasteiger partial charge is 0.384 e. The predicted octanol–water partition coefficient (Wildman–Crippen LogP) is 3.89. The van der Waals surface area contributed by atoms with Gasteiger partial charge in [0.2, 0.25) is 0 Å². The molecule has 26 heavy (non-hydrogen) atoms. The van der Waals surface area contributed by atoms with Crippen LogP contribution in [-0.2, 0) is 4.74 Å². The van der Waals surface area contributed by atoms with E-state index in [9.17, 15) is 4.79 Å². The van der Waals surface area contributed by atoms with Gasteiger partial charge in [0, 0.05) is 44.2 Å². The highest BCUT2D eigenvalue weighted by Gasteiger charge is 2.25. The van der Waals surface area contributed by atoms with E-state index in [2.05, 4.69) is 10.3 Å². The van der Waals surface area contributed by atoms with Crippen LogP contribution in [0.25, 0.3) is 0 Å². The number of rotatable bonds is 5. The van der Waals surface area contributed by atoms with Crippen molar-refractivity contribution in [1.82, 2.24) is 15.2 Å². The van der Waals surface area contributed by atoms with Crippen LogP contribution in [0.2, 0.25) is 5.02 Å². The Morgan fingerprint density at radius 3 is 2.62 bits per heavy atom. The minimum absolute atomic E-state index is 0.0512. The van der Waals surface area contributed by atoms with E-state index in [0.717, 1.165) is 43.7 Å². The van der Waals surface area contributed by atoms with Gasteiger partial charge < -0.3 is 15.0 Å². The van der Waals surface area contributed by atoms with Gasteiger partial charge in [-0.05, 0) is 48.1 Å². The second kappa shape index (κ2) is 9.01. The number of amides is 2. The van der Waals surface area contributed by atoms with Crippen LogP contribution in [-0.4, -0.2) is 42.7 Å². The summed E-state index contributed by atoms with van der Waals surface area (Å²) in [5, 5.41) is 3.83. The van der Waals surface area contributed by atoms with Crippen molar-refractivity contribution in [2.75, 3.05) is 26.8 Å². The number of nitrogens with zero attached hydrogens (tertiary/aromatic N) is 2. The lowest BCUT2D eigenvalue weighted by molar-refractivity contribution is 0.106. The van der Waals surface area contributed by atoms with Crippen molar-refractivity contribution in [2.24, 2.45) is 5.92 Å². The lowest BCUT2D eigenvalue weighted by Gasteiger charge is -2.33. The van der Waals surface area contributed by atoms with Crippen molar-refractivity contribution < 1.29 is 9.53 Å². The molecule has 0 spiro atoms. The number of methoxy groups -OCH3 is 1. The lowest BCUT2D eigenvalue weighted by Crippen LogP contribution is -2.46. The topological polar surface area (TPSA) is 54.5 Å². The molecule has 2 amide bonds. The quantitative estimate of drug-likeness (QED) is 0.864. The van der Waals surface area contributed by atoms with Crippen LogP contribution in [0, 0.1) is 5.92 Å². The summed E-state index contributed by atoms with van der Waals surface area (Å²) in [6.07, 6.45) is 5.45. The average Bonchev–Trinajstić information content (AvgIpc) is 2.68. The molecule has 2 aromatic rings. The summed E-state index contributed by atoms with van der Waals surface area (Å²) in [6, 6.07) is 11.1. The van der Waals surface area contributed by atoms with E-state index in [1.54, 1.807) is 19.5 Å². The van der Waals surface area contributed by atoms with Gasteiger partial charge in [-0.15, -0.1) is 0 Å². The van der Waals surface area contributed by atoms with Crippen LogP contribution in [0.3, 0.4) is 0 Å². The summed E-state index contributed by atoms with van der Waals surface area (Å²) in [5.74, 6) is 0.537. The zero-order chi connectivity index (χ0) is 18.4. The van der Waals surface area contributed by atoms with Gasteiger partial charge in [0.1, 0.15) is 0 Å². The van der Waals surface area contributed by atoms with Gasteiger partial charge >= 0.3 is 6.03 Å². The molecular weight excluding hydrogens is 350 g/mol. The molecule has 3 rings (SSSR count). The number of ether oxygens (including phenoxy) is 1. The molecule has 1 unspecified atom stereocenters. The average molecular weight is 374 g/mol. The summed E-state index contributed by atoms with van der Waals surface area (Å²) in [5.41, 5.74) is 1.92. The Labute approximate surface area is 159 Å². The number of hydrogen-bond donors (Lipinski definition) is 1. The first-order valence-corrected chi connectivity index (χ1v) is 9.25. The number of urea groups is 1. The zero-order valence-corrected chi connectivity index (χ0v) is 15.7. The second-order valence-electron chi connectivity index (χ2n) is 6.61. The van der Waals surface area contributed by atoms with Crippen LogP contribution in [0.1, 0.15) is 30.0 Å². The second-order valence-corrected chi connectivity index (χ2v) is 7.04. The molecule has 1 atom stereocenters. The summed E-state index contributed by atoms with van der Waals surface area (Å²) in [4.78, 5) is 18.9. The molecule has 0 bridgehead atoms. The zero-order valence-electron chi connectivity index (χ0n) is 14.9. The van der Waals surface area contributed by atoms with E-state index >= 15 is 0 Å². The van der Waals surface area contributed by atoms with E-state index < -0.39 is 0 Å². The summed E-state index contributed by atoms with van der Waals surface area (Å²) < 4.78 is 5.23. The molecule has 1 saturated heterocycles. The molecular formula is C20H24ClN3O2. The molecule has 1 aromatic heterocycles. The predicted molar refractivity (Wildman–Crippen MR) is 102 cm³/mol. The number of piperidine rings is 1. The van der Waals surface area contributed by atoms with Gasteiger partial charge in [-0.2, -0.15) is 0 Å². The summed E-state index contributed by atoms with van der Waals surface area (Å²) in [7, 11) is 1.73. The van der Waals surface area contributed by atoms with Crippen LogP contribution in [0.5, 0.6) is 0 Å². The Balaban J connectivity index is 1.72. The van der Waals surface area contributed by atoms with Crippen molar-refractivity contribution in [1.29, 1.82) is 0 Å². The molecule has 1 aliphatic heterocycles. The van der Waals surface area contributed by atoms with E-state index in [4.69, 9.17) is 16.3 Å². The van der Waals surface area contributed by atoms with Gasteiger partial charge in [-0.1, -0.05) is 29.8 Å². The van der Waals surface area contributed by atoms with Gasteiger partial charge in [0.05, 0.1) is 6.04 Å². The minimum atomic E-state index is -0.259. The number of pyridine rings is 1. The monoisotopic (exact) mass is 373 g/mol. The molecule has 0 aliphatic carbocycles. The number of aromatic nitrogens is 1. The smallest absolute Gasteiger partial charge is 0.318 e. The van der Waals surface area contributed by atoms with Crippen LogP contribution in [0.4, 0.5) is 4.79 Å². The van der Waals surface area contributed by atoms with Crippen molar-refractivity contribution in [3.05, 3.63) is 64.9 Å². The van der Waals surface area contributed by atoms with Gasteiger partial charge in [0.25, 0.3) is 0 Å². The normalized spacial score (nSPS) is 16.3. The Kier molecular flexibility index (Phi) is 6.47. The summed E-state index contributed by atoms with van der Waals surface area (Å²) in [6.45, 7) is 2.26. The standard InChI is InChI=1S/C20H24ClN3O2/c1-26-14-15-8-11-24(12-9-15)20(25)23-19(17-3-2-10-22-13-17)16-4-6-18(21)7-5-16/h2-7,10,13,15,19H,8-9,11-12,14H2,1H3,(H,23,25). The number of halogens is 1. The maximum Gasteiger partial charge on any atom is 0.318 e. The molecule has 0 saturated carbocycles. The van der Waals surface area contributed by atoms with Gasteiger partial charge in [-0.25, -0.2) is 4.79 Å². The number of likely N-dealkylation sites (tertiary alicyclic amines) is 1. The van der Waals surface area contributed by atoms with Crippen LogP contribution < -0.4 is 5.32 Å². The molecule has 1 aromatic carbocycles. The third-order valence-electron chi connectivity index (χ3n) is 4.79. The highest BCUT2D eigenvalue weighted by atomic mass is 35.5. The first kappa shape index (κ1) is 18.7. The number of benzene rings is 1. The number of nitrogens with one attached hydrogen (secondary N) is 1. The SMILES string of the molecule is COCC1CCN(C(=O)NC(c2ccc(Cl)cc2)c2cccnc2)CC1. The van der Waals surface area contributed by atoms with E-state index in [1.807, 2.05) is 41.3 Å². The molecule has 6 heteroatoms. The molecule has 1 fully saturated rings. The number of hydrogen-bond acceptors (Lipinski definition) is 3. The first-order chi connectivity index (χ1) is 12.7. The highest BCUT2D eigenvalue weighted by molar-refractivity contribution is 6.30. The van der Waals surface area contributed by atoms with Crippen LogP contribution in [0.15, 0.2) is 48.8 Å². The fourth-order valence-corrected chi connectivity index (χ4v) is 3.44. The molecule has 1 aliphatic rings. The Morgan fingerprint density at radius 1 is 1.27 bits per heavy atom. The first-order valence-electron chi connectivity index (χ1n) is 8.87. The van der Waals surface area contributed by atoms with Crippen molar-refractivity contribution in [3.63, 3.8) is 0 Å². The van der Waals surface area contributed by atoms with Crippen molar-refractivity contribution in [2.45, 2.75) is 18.9 Å². The molecule has 2 heterocycles. The van der Waals surface area contributed by atoms with E-state index in [1.165, 1.54) is 0 Å². The minimum Gasteiger partial charge on any atom is -0.384 e. The molecule has 0 radical (unpaired) electrons. The van der Waals surface area contributed by atoms with Crippen LogP contribution >= 0.6 is 11.6 Å². The summed E-state index contributed by atoms with van der Waals surface area (Å²) >= 11 is 6.01. The van der Waals surface area contributed by atoms with Crippen molar-refractivity contribution >= 4 is 17.6 Å². The van der Waals surface area contributed by atoms with E-state index in [-0.39, 0.29) is 12.1 Å². The van der Waals surface area contributed by atoms with Gasteiger partial charge in [0.15, 0.2) is 0 Å². The number of carbonyl (C=O) groups is 1. The molecule has 5 nitrogen and oxygen atoms in total. The third-order valence-corrected chi connectivity index (χ3v) is 5.04. The fourth-order valence-electron chi connectivity index (χ4n) is 3.31. The Hall–Kier alpha value is -2.11. The fraction of sp³-hybridized carbons (Fsp3) is 0.400. The van der Waals surface area contributed by atoms with Gasteiger partial charge in [-0.3, -0.25) is 4.98 Å². The third kappa shape index (κ3) is 4.74. The Bertz CT molecular complexity index is 701. The maximum atomic E-state index is 12.8. The maximum absolute atomic E-state index is 12.8. The molecule has 138 valence electrons. The highest BCUT2D eigenvalue weighted by Crippen LogP contribution is 2.24. The number of carbonyl (C=O) groups excluding carboxylic acids is 1. The van der Waals surface area contributed by atoms with E-state index in [0.29, 0.717) is 10.9 Å². The van der Waals surface area contributed by atoms with Crippen molar-refractivity contribution in [3.8, 4) is 0 Å². The Morgan fingerprint density at radius 2 is 2.00 bits per heavy atom.